The number of anilines is 1. The molecule has 1 fully saturated rings. The Hall–Kier alpha value is -2.73. The summed E-state index contributed by atoms with van der Waals surface area (Å²) in [7, 11) is 0. The van der Waals surface area contributed by atoms with Gasteiger partial charge < -0.3 is 10.1 Å². The third kappa shape index (κ3) is 5.13. The van der Waals surface area contributed by atoms with Gasteiger partial charge in [0, 0.05) is 17.9 Å². The highest BCUT2D eigenvalue weighted by atomic mass is 19.1. The molecule has 0 bridgehead atoms. The number of carbonyl (C=O) groups excluding carboxylic acids is 1. The van der Waals surface area contributed by atoms with E-state index < -0.39 is 0 Å². The van der Waals surface area contributed by atoms with Gasteiger partial charge in [-0.15, -0.1) is 0 Å². The molecule has 2 aromatic carbocycles. The van der Waals surface area contributed by atoms with Gasteiger partial charge in [-0.2, -0.15) is 0 Å². The first kappa shape index (κ1) is 18.1. The predicted octanol–water partition coefficient (Wildman–Crippen LogP) is 3.51. The highest BCUT2D eigenvalue weighted by molar-refractivity contribution is 6.10. The van der Waals surface area contributed by atoms with Crippen LogP contribution < -0.4 is 10.6 Å². The average Bonchev–Trinajstić information content (AvgIpc) is 3.13. The number of amides is 1. The molecule has 2 N–H and O–H groups in total. The molecule has 2 aromatic rings. The van der Waals surface area contributed by atoms with Crippen molar-refractivity contribution >= 4 is 17.6 Å². The van der Waals surface area contributed by atoms with Gasteiger partial charge >= 0.3 is 0 Å². The molecule has 6 heteroatoms. The Labute approximate surface area is 152 Å². The summed E-state index contributed by atoms with van der Waals surface area (Å²) in [5.74, 6) is -0.361. The first-order chi connectivity index (χ1) is 12.6. The maximum atomic E-state index is 13.4. The Morgan fingerprint density at radius 2 is 2.12 bits per heavy atom. The van der Waals surface area contributed by atoms with E-state index in [2.05, 4.69) is 15.6 Å². The summed E-state index contributed by atoms with van der Waals surface area (Å²) in [5.41, 5.74) is 2.05. The largest absolute Gasteiger partial charge is 0.376 e. The van der Waals surface area contributed by atoms with Gasteiger partial charge in [0.05, 0.1) is 12.6 Å². The number of hydrogen-bond acceptors (Lipinski definition) is 3. The number of benzene rings is 2. The maximum Gasteiger partial charge on any atom is 0.257 e. The minimum absolute atomic E-state index is 0.0511. The van der Waals surface area contributed by atoms with Gasteiger partial charge in [-0.3, -0.25) is 10.1 Å². The number of aliphatic imine (C=N–C) groups is 1. The van der Waals surface area contributed by atoms with Crippen LogP contribution in [0.3, 0.4) is 0 Å². The lowest BCUT2D eigenvalue weighted by Crippen LogP contribution is -2.36. The van der Waals surface area contributed by atoms with E-state index in [0.717, 1.165) is 25.0 Å². The number of aryl methyl sites for hydroxylation is 1. The third-order valence-electron chi connectivity index (χ3n) is 4.08. The Morgan fingerprint density at radius 3 is 2.85 bits per heavy atom. The van der Waals surface area contributed by atoms with E-state index in [4.69, 9.17) is 4.74 Å². The molecular weight excluding hydrogens is 333 g/mol. The van der Waals surface area contributed by atoms with E-state index in [1.165, 1.54) is 12.1 Å². The topological polar surface area (TPSA) is 62.7 Å². The molecule has 1 aliphatic rings. The van der Waals surface area contributed by atoms with Crippen LogP contribution in [0.25, 0.3) is 0 Å². The Morgan fingerprint density at radius 1 is 1.27 bits per heavy atom. The molecule has 0 unspecified atom stereocenters. The van der Waals surface area contributed by atoms with E-state index in [0.29, 0.717) is 17.8 Å². The predicted molar refractivity (Wildman–Crippen MR) is 99.9 cm³/mol. The summed E-state index contributed by atoms with van der Waals surface area (Å²) in [6.07, 6.45) is 2.01. The minimum atomic E-state index is -0.363. The molecule has 1 atom stereocenters. The normalized spacial score (nSPS) is 17.2. The summed E-state index contributed by atoms with van der Waals surface area (Å²) in [4.78, 5) is 17.0. The van der Waals surface area contributed by atoms with Crippen molar-refractivity contribution in [1.82, 2.24) is 5.32 Å². The fraction of sp³-hybridized carbons (Fsp3) is 0.300. The monoisotopic (exact) mass is 355 g/mol. The van der Waals surface area contributed by atoms with Gasteiger partial charge in [-0.1, -0.05) is 23.8 Å². The van der Waals surface area contributed by atoms with Crippen LogP contribution in [0.2, 0.25) is 0 Å². The Kier molecular flexibility index (Phi) is 5.96. The van der Waals surface area contributed by atoms with E-state index in [1.54, 1.807) is 24.3 Å². The molecule has 0 saturated carbocycles. The van der Waals surface area contributed by atoms with Gasteiger partial charge in [-0.25, -0.2) is 9.38 Å². The first-order valence-corrected chi connectivity index (χ1v) is 8.67. The lowest BCUT2D eigenvalue weighted by molar-refractivity contribution is 0.0975. The van der Waals surface area contributed by atoms with Crippen molar-refractivity contribution in [3.8, 4) is 0 Å². The molecule has 0 spiro atoms. The Balaban J connectivity index is 1.75. The van der Waals surface area contributed by atoms with Gasteiger partial charge in [0.1, 0.15) is 5.82 Å². The molecule has 0 aromatic heterocycles. The number of hydrogen-bond donors (Lipinski definition) is 2. The molecule has 136 valence electrons. The Bertz CT molecular complexity index is 801. The van der Waals surface area contributed by atoms with Crippen LogP contribution in [0.15, 0.2) is 53.5 Å². The number of ether oxygens (including phenoxy) is 1. The quantitative estimate of drug-likeness (QED) is 0.652. The van der Waals surface area contributed by atoms with Crippen LogP contribution in [0.5, 0.6) is 0 Å². The van der Waals surface area contributed by atoms with Crippen molar-refractivity contribution in [2.45, 2.75) is 25.9 Å². The van der Waals surface area contributed by atoms with Crippen LogP contribution in [0, 0.1) is 12.7 Å². The van der Waals surface area contributed by atoms with Crippen molar-refractivity contribution in [3.63, 3.8) is 0 Å². The zero-order valence-corrected chi connectivity index (χ0v) is 14.7. The molecule has 5 nitrogen and oxygen atoms in total. The second kappa shape index (κ2) is 8.58. The lowest BCUT2D eigenvalue weighted by atomic mass is 10.1. The van der Waals surface area contributed by atoms with Crippen LogP contribution in [0.1, 0.15) is 28.8 Å². The molecular formula is C20H22FN3O2. The lowest BCUT2D eigenvalue weighted by Gasteiger charge is -2.13. The summed E-state index contributed by atoms with van der Waals surface area (Å²) >= 11 is 0. The van der Waals surface area contributed by atoms with Crippen molar-refractivity contribution < 1.29 is 13.9 Å². The highest BCUT2D eigenvalue weighted by Gasteiger charge is 2.16. The standard InChI is InChI=1S/C20H22FN3O2/c1-14-5-2-6-15(11-14)19(25)24-20(22-13-18-9-4-10-26-18)23-17-8-3-7-16(21)12-17/h2-3,5-8,11-12,18H,4,9-10,13H2,1H3,(H2,22,23,24,25)/t18-/m0/s1. The summed E-state index contributed by atoms with van der Waals surface area (Å²) in [5, 5.41) is 5.76. The van der Waals surface area contributed by atoms with Crippen LogP contribution in [0.4, 0.5) is 10.1 Å². The number of guanidine groups is 1. The number of carbonyl (C=O) groups is 1. The van der Waals surface area contributed by atoms with E-state index in [1.807, 2.05) is 19.1 Å². The fourth-order valence-electron chi connectivity index (χ4n) is 2.76. The highest BCUT2D eigenvalue weighted by Crippen LogP contribution is 2.13. The van der Waals surface area contributed by atoms with Crippen LogP contribution in [-0.4, -0.2) is 31.1 Å². The molecule has 1 aliphatic heterocycles. The van der Waals surface area contributed by atoms with Gasteiger partial charge in [0.2, 0.25) is 5.96 Å². The SMILES string of the molecule is Cc1cccc(C(=O)NC(=NC[C@@H]2CCCO2)Nc2cccc(F)c2)c1. The van der Waals surface area contributed by atoms with Crippen molar-refractivity contribution in [3.05, 3.63) is 65.5 Å². The smallest absolute Gasteiger partial charge is 0.257 e. The van der Waals surface area contributed by atoms with E-state index in [-0.39, 0.29) is 23.8 Å². The fourth-order valence-corrected chi connectivity index (χ4v) is 2.76. The van der Waals surface area contributed by atoms with Crippen LogP contribution in [-0.2, 0) is 4.74 Å². The zero-order chi connectivity index (χ0) is 18.4. The molecule has 1 heterocycles. The van der Waals surface area contributed by atoms with E-state index >= 15 is 0 Å². The first-order valence-electron chi connectivity index (χ1n) is 8.67. The molecule has 0 radical (unpaired) electrons. The van der Waals surface area contributed by atoms with Gasteiger partial charge in [-0.05, 0) is 50.1 Å². The molecule has 3 rings (SSSR count). The summed E-state index contributed by atoms with van der Waals surface area (Å²) in [6, 6.07) is 13.3. The van der Waals surface area contributed by atoms with Gasteiger partial charge in [0.15, 0.2) is 0 Å². The number of halogens is 1. The molecule has 0 aliphatic carbocycles. The summed E-state index contributed by atoms with van der Waals surface area (Å²) < 4.78 is 19.0. The molecule has 1 saturated heterocycles. The zero-order valence-electron chi connectivity index (χ0n) is 14.7. The van der Waals surface area contributed by atoms with Crippen molar-refractivity contribution in [2.75, 3.05) is 18.5 Å². The van der Waals surface area contributed by atoms with Crippen LogP contribution >= 0.6 is 0 Å². The number of rotatable bonds is 4. The maximum absolute atomic E-state index is 13.4. The van der Waals surface area contributed by atoms with Crippen molar-refractivity contribution in [2.24, 2.45) is 4.99 Å². The van der Waals surface area contributed by atoms with E-state index in [9.17, 15) is 9.18 Å². The second-order valence-corrected chi connectivity index (χ2v) is 6.28. The number of nitrogens with one attached hydrogen (secondary N) is 2. The average molecular weight is 355 g/mol. The van der Waals surface area contributed by atoms with Gasteiger partial charge in [0.25, 0.3) is 5.91 Å². The molecule has 26 heavy (non-hydrogen) atoms. The third-order valence-corrected chi connectivity index (χ3v) is 4.08. The molecule has 1 amide bonds. The summed E-state index contributed by atoms with van der Waals surface area (Å²) in [6.45, 7) is 3.10. The number of nitrogens with zero attached hydrogens (tertiary/aromatic N) is 1. The second-order valence-electron chi connectivity index (χ2n) is 6.28. The van der Waals surface area contributed by atoms with Crippen molar-refractivity contribution in [1.29, 1.82) is 0 Å². The minimum Gasteiger partial charge on any atom is -0.376 e.